The molecule has 0 spiro atoms. The van der Waals surface area contributed by atoms with Crippen LogP contribution in [0.3, 0.4) is 0 Å². The van der Waals surface area contributed by atoms with Crippen molar-refractivity contribution >= 4 is 11.6 Å². The molecule has 160 valence electrons. The molecule has 3 rings (SSSR count). The summed E-state index contributed by atoms with van der Waals surface area (Å²) in [7, 11) is 1.59. The summed E-state index contributed by atoms with van der Waals surface area (Å²) in [6, 6.07) is 12.3. The minimum atomic E-state index is -4.38. The Bertz CT molecular complexity index is 893. The van der Waals surface area contributed by atoms with E-state index in [1.807, 2.05) is 24.3 Å². The van der Waals surface area contributed by atoms with Crippen molar-refractivity contribution in [1.29, 1.82) is 0 Å². The number of amides is 1. The Morgan fingerprint density at radius 2 is 1.83 bits per heavy atom. The Balaban J connectivity index is 1.63. The molecule has 0 aliphatic carbocycles. The summed E-state index contributed by atoms with van der Waals surface area (Å²) >= 11 is 0. The van der Waals surface area contributed by atoms with Crippen molar-refractivity contribution in [2.45, 2.75) is 38.6 Å². The van der Waals surface area contributed by atoms with Gasteiger partial charge < -0.3 is 14.5 Å². The smallest absolute Gasteiger partial charge is 0.416 e. The first-order valence-electron chi connectivity index (χ1n) is 9.61. The summed E-state index contributed by atoms with van der Waals surface area (Å²) in [5.41, 5.74) is 1.60. The monoisotopic (exact) mass is 420 g/mol. The van der Waals surface area contributed by atoms with Gasteiger partial charge in [-0.2, -0.15) is 13.2 Å². The maximum absolute atomic E-state index is 12.8. The molecule has 0 aromatic heterocycles. The van der Waals surface area contributed by atoms with Gasteiger partial charge in [-0.3, -0.25) is 4.79 Å². The number of rotatable bonds is 7. The first-order chi connectivity index (χ1) is 14.3. The van der Waals surface area contributed by atoms with Crippen LogP contribution in [0.15, 0.2) is 53.7 Å². The standard InChI is InChI=1S/C22H23F3N2O3/c1-3-21(28)27(13-15-4-8-17(9-5-15)22(23,24)25)14-19-12-20(26-30-19)16-6-10-18(29-2)11-7-16/h4-11,19H,3,12-14H2,1-2H3. The lowest BCUT2D eigenvalue weighted by molar-refractivity contribution is -0.137. The molecular weight excluding hydrogens is 397 g/mol. The van der Waals surface area contributed by atoms with Crippen LogP contribution in [-0.2, 0) is 22.4 Å². The zero-order valence-electron chi connectivity index (χ0n) is 16.8. The van der Waals surface area contributed by atoms with Gasteiger partial charge >= 0.3 is 6.18 Å². The molecule has 5 nitrogen and oxygen atoms in total. The van der Waals surface area contributed by atoms with E-state index in [-0.39, 0.29) is 18.6 Å². The molecule has 8 heteroatoms. The Morgan fingerprint density at radius 3 is 2.40 bits per heavy atom. The average molecular weight is 420 g/mol. The number of carbonyl (C=O) groups is 1. The van der Waals surface area contributed by atoms with Gasteiger partial charge in [0.05, 0.1) is 24.9 Å². The predicted molar refractivity (Wildman–Crippen MR) is 106 cm³/mol. The number of oxime groups is 1. The number of hydrogen-bond donors (Lipinski definition) is 0. The van der Waals surface area contributed by atoms with Gasteiger partial charge in [-0.15, -0.1) is 0 Å². The van der Waals surface area contributed by atoms with Gasteiger partial charge in [0.2, 0.25) is 5.91 Å². The summed E-state index contributed by atoms with van der Waals surface area (Å²) in [6.45, 7) is 2.26. The van der Waals surface area contributed by atoms with E-state index < -0.39 is 11.7 Å². The molecule has 0 saturated heterocycles. The van der Waals surface area contributed by atoms with Crippen LogP contribution >= 0.6 is 0 Å². The van der Waals surface area contributed by atoms with Crippen LogP contribution in [0.4, 0.5) is 13.2 Å². The van der Waals surface area contributed by atoms with Crippen molar-refractivity contribution in [2.75, 3.05) is 13.7 Å². The molecule has 0 bridgehead atoms. The summed E-state index contributed by atoms with van der Waals surface area (Å²) in [5.74, 6) is 0.641. The highest BCUT2D eigenvalue weighted by Crippen LogP contribution is 2.29. The van der Waals surface area contributed by atoms with Crippen molar-refractivity contribution in [1.82, 2.24) is 4.90 Å². The van der Waals surface area contributed by atoms with E-state index >= 15 is 0 Å². The maximum Gasteiger partial charge on any atom is 0.416 e. The van der Waals surface area contributed by atoms with Crippen LogP contribution in [0.25, 0.3) is 0 Å². The van der Waals surface area contributed by atoms with E-state index in [9.17, 15) is 18.0 Å². The van der Waals surface area contributed by atoms with E-state index in [0.717, 1.165) is 29.2 Å². The van der Waals surface area contributed by atoms with Crippen molar-refractivity contribution in [3.8, 4) is 5.75 Å². The number of hydrogen-bond acceptors (Lipinski definition) is 4. The summed E-state index contributed by atoms with van der Waals surface area (Å²) < 4.78 is 43.4. The molecule has 1 unspecified atom stereocenters. The molecule has 0 fully saturated rings. The van der Waals surface area contributed by atoms with Crippen molar-refractivity contribution in [3.63, 3.8) is 0 Å². The highest BCUT2D eigenvalue weighted by Gasteiger charge is 2.30. The van der Waals surface area contributed by atoms with Gasteiger partial charge in [0.15, 0.2) is 6.10 Å². The molecule has 30 heavy (non-hydrogen) atoms. The van der Waals surface area contributed by atoms with Gasteiger partial charge in [-0.05, 0) is 47.5 Å². The number of halogens is 3. The van der Waals surface area contributed by atoms with Gasteiger partial charge in [-0.1, -0.05) is 24.2 Å². The van der Waals surface area contributed by atoms with E-state index in [0.29, 0.717) is 24.9 Å². The second kappa shape index (κ2) is 9.19. The van der Waals surface area contributed by atoms with E-state index in [2.05, 4.69) is 5.16 Å². The van der Waals surface area contributed by atoms with E-state index in [4.69, 9.17) is 9.57 Å². The highest BCUT2D eigenvalue weighted by atomic mass is 19.4. The van der Waals surface area contributed by atoms with Gasteiger partial charge in [0.25, 0.3) is 0 Å². The Labute approximate surface area is 173 Å². The highest BCUT2D eigenvalue weighted by molar-refractivity contribution is 6.01. The van der Waals surface area contributed by atoms with Crippen LogP contribution in [0.5, 0.6) is 5.75 Å². The van der Waals surface area contributed by atoms with Gasteiger partial charge in [0.1, 0.15) is 5.75 Å². The van der Waals surface area contributed by atoms with Crippen molar-refractivity contribution in [3.05, 3.63) is 65.2 Å². The molecular formula is C22H23F3N2O3. The van der Waals surface area contributed by atoms with Crippen LogP contribution < -0.4 is 4.74 Å². The van der Waals surface area contributed by atoms with Crippen molar-refractivity contribution in [2.24, 2.45) is 5.16 Å². The lowest BCUT2D eigenvalue weighted by Crippen LogP contribution is -2.36. The molecule has 1 heterocycles. The predicted octanol–water partition coefficient (Wildman–Crippen LogP) is 4.65. The molecule has 0 saturated carbocycles. The van der Waals surface area contributed by atoms with E-state index in [1.54, 1.807) is 18.9 Å². The van der Waals surface area contributed by atoms with Gasteiger partial charge in [0, 0.05) is 19.4 Å². The summed E-state index contributed by atoms with van der Waals surface area (Å²) in [4.78, 5) is 19.5. The second-order valence-electron chi connectivity index (χ2n) is 7.02. The average Bonchev–Trinajstić information content (AvgIpc) is 3.21. The lowest BCUT2D eigenvalue weighted by Gasteiger charge is -2.24. The third-order valence-electron chi connectivity index (χ3n) is 4.89. The zero-order valence-corrected chi connectivity index (χ0v) is 16.8. The van der Waals surface area contributed by atoms with Crippen LogP contribution in [0.2, 0.25) is 0 Å². The molecule has 1 amide bonds. The Hall–Kier alpha value is -3.03. The first kappa shape index (κ1) is 21.7. The lowest BCUT2D eigenvalue weighted by atomic mass is 10.0. The third kappa shape index (κ3) is 5.31. The first-order valence-corrected chi connectivity index (χ1v) is 9.61. The normalized spacial score (nSPS) is 16.0. The maximum atomic E-state index is 12.8. The van der Waals surface area contributed by atoms with Gasteiger partial charge in [-0.25, -0.2) is 0 Å². The molecule has 2 aromatic rings. The molecule has 2 aromatic carbocycles. The Kier molecular flexibility index (Phi) is 6.64. The number of nitrogens with zero attached hydrogens (tertiary/aromatic N) is 2. The molecule has 1 aliphatic heterocycles. The third-order valence-corrected chi connectivity index (χ3v) is 4.89. The largest absolute Gasteiger partial charge is 0.497 e. The topological polar surface area (TPSA) is 51.1 Å². The quantitative estimate of drug-likeness (QED) is 0.656. The molecule has 1 aliphatic rings. The van der Waals surface area contributed by atoms with E-state index in [1.165, 1.54) is 12.1 Å². The minimum absolute atomic E-state index is 0.101. The SMILES string of the molecule is CCC(=O)N(Cc1ccc(C(F)(F)F)cc1)CC1CC(c2ccc(OC)cc2)=NO1. The summed E-state index contributed by atoms with van der Waals surface area (Å²) in [6.07, 6.45) is -3.87. The number of methoxy groups -OCH3 is 1. The van der Waals surface area contributed by atoms with Crippen LogP contribution in [0, 0.1) is 0 Å². The zero-order chi connectivity index (χ0) is 21.7. The number of benzene rings is 2. The molecule has 0 N–H and O–H groups in total. The second-order valence-corrected chi connectivity index (χ2v) is 7.02. The minimum Gasteiger partial charge on any atom is -0.497 e. The molecule has 0 radical (unpaired) electrons. The fraction of sp³-hybridized carbons (Fsp3) is 0.364. The van der Waals surface area contributed by atoms with Crippen LogP contribution in [-0.4, -0.2) is 36.3 Å². The fourth-order valence-electron chi connectivity index (χ4n) is 3.22. The fourth-order valence-corrected chi connectivity index (χ4v) is 3.22. The number of alkyl halides is 3. The number of carbonyl (C=O) groups excluding carboxylic acids is 1. The van der Waals surface area contributed by atoms with Crippen molar-refractivity contribution < 1.29 is 27.5 Å². The number of ether oxygens (including phenoxy) is 1. The van der Waals surface area contributed by atoms with Crippen LogP contribution in [0.1, 0.15) is 36.5 Å². The summed E-state index contributed by atoms with van der Waals surface area (Å²) in [5, 5.41) is 4.14. The Morgan fingerprint density at radius 1 is 1.17 bits per heavy atom. The molecule has 1 atom stereocenters.